The lowest BCUT2D eigenvalue weighted by molar-refractivity contribution is -0.161. The molecule has 0 radical (unpaired) electrons. The number of ether oxygens (including phenoxy) is 6. The van der Waals surface area contributed by atoms with E-state index in [0.717, 1.165) is 44.1 Å². The lowest BCUT2D eigenvalue weighted by Gasteiger charge is -2.27. The molecule has 9 nitrogen and oxygen atoms in total. The smallest absolute Gasteiger partial charge is 0.297 e. The van der Waals surface area contributed by atoms with Gasteiger partial charge in [-0.25, -0.2) is 0 Å². The van der Waals surface area contributed by atoms with E-state index in [4.69, 9.17) is 32.6 Å². The normalized spacial score (nSPS) is 24.3. The number of rotatable bonds is 22. The summed E-state index contributed by atoms with van der Waals surface area (Å²) in [5, 5.41) is 0. The highest BCUT2D eigenvalue weighted by molar-refractivity contribution is 7.86. The predicted octanol–water partition coefficient (Wildman–Crippen LogP) is 6.30. The van der Waals surface area contributed by atoms with Gasteiger partial charge in [-0.05, 0) is 51.2 Å². The van der Waals surface area contributed by atoms with Crippen molar-refractivity contribution in [1.29, 1.82) is 0 Å². The Morgan fingerprint density at radius 2 is 1.29 bits per heavy atom. The van der Waals surface area contributed by atoms with E-state index in [0.29, 0.717) is 0 Å². The van der Waals surface area contributed by atoms with Gasteiger partial charge in [0.15, 0.2) is 0 Å². The molecule has 3 rings (SSSR count). The number of unbranched alkanes of at least 4 members (excludes halogenated alkanes) is 7. The monoisotopic (exact) mass is 614 g/mol. The number of methoxy groups -OCH3 is 2. The summed E-state index contributed by atoms with van der Waals surface area (Å²) >= 11 is 0. The van der Waals surface area contributed by atoms with Gasteiger partial charge in [-0.2, -0.15) is 8.42 Å². The zero-order chi connectivity index (χ0) is 30.2. The second-order valence-electron chi connectivity index (χ2n) is 11.6. The van der Waals surface area contributed by atoms with Crippen LogP contribution in [0.5, 0.6) is 0 Å². The van der Waals surface area contributed by atoms with Crippen molar-refractivity contribution in [1.82, 2.24) is 0 Å². The van der Waals surface area contributed by atoms with Crippen molar-refractivity contribution >= 4 is 10.1 Å². The lowest BCUT2D eigenvalue weighted by atomic mass is 10.0. The Morgan fingerprint density at radius 1 is 0.762 bits per heavy atom. The topological polar surface area (TPSA) is 98.8 Å². The third kappa shape index (κ3) is 11.8. The first-order chi connectivity index (χ1) is 20.4. The predicted molar refractivity (Wildman–Crippen MR) is 161 cm³/mol. The molecule has 42 heavy (non-hydrogen) atoms. The zero-order valence-electron chi connectivity index (χ0n) is 26.2. The van der Waals surface area contributed by atoms with Gasteiger partial charge in [-0.1, -0.05) is 76.0 Å². The Hall–Kier alpha value is -1.11. The molecule has 6 atom stereocenters. The summed E-state index contributed by atoms with van der Waals surface area (Å²) in [7, 11) is -0.745. The average molecular weight is 615 g/mol. The molecule has 0 bridgehead atoms. The van der Waals surface area contributed by atoms with Crippen LogP contribution in [0, 0.1) is 6.92 Å². The number of hydrogen-bond acceptors (Lipinski definition) is 9. The largest absolute Gasteiger partial charge is 0.370 e. The molecular weight excluding hydrogens is 560 g/mol. The van der Waals surface area contributed by atoms with Crippen LogP contribution in [0.25, 0.3) is 0 Å². The Labute approximate surface area is 254 Å². The van der Waals surface area contributed by atoms with E-state index in [1.807, 2.05) is 6.92 Å². The minimum Gasteiger partial charge on any atom is -0.370 e. The van der Waals surface area contributed by atoms with E-state index in [9.17, 15) is 8.42 Å². The fourth-order valence-corrected chi connectivity index (χ4v) is 6.75. The van der Waals surface area contributed by atoms with E-state index in [-0.39, 0.29) is 55.6 Å². The minimum absolute atomic E-state index is 0.00501. The van der Waals surface area contributed by atoms with Crippen LogP contribution < -0.4 is 0 Å². The van der Waals surface area contributed by atoms with Crippen LogP contribution in [0.4, 0.5) is 0 Å². The van der Waals surface area contributed by atoms with E-state index in [1.54, 1.807) is 31.4 Å². The van der Waals surface area contributed by atoms with E-state index in [2.05, 4.69) is 6.92 Å². The highest BCUT2D eigenvalue weighted by Crippen LogP contribution is 2.35. The summed E-state index contributed by atoms with van der Waals surface area (Å²) < 4.78 is 66.0. The number of aryl methyl sites for hydroxylation is 1. The maximum absolute atomic E-state index is 12.8. The van der Waals surface area contributed by atoms with Crippen LogP contribution in [-0.2, 0) is 42.7 Å². The Bertz CT molecular complexity index is 955. The summed E-state index contributed by atoms with van der Waals surface area (Å²) in [6, 6.07) is 6.58. The summed E-state index contributed by atoms with van der Waals surface area (Å²) in [6.07, 6.45) is 13.5. The van der Waals surface area contributed by atoms with Crippen molar-refractivity contribution in [3.05, 3.63) is 29.8 Å². The second-order valence-corrected chi connectivity index (χ2v) is 13.2. The molecule has 1 aromatic rings. The molecule has 2 heterocycles. The third-order valence-corrected chi connectivity index (χ3v) is 9.55. The van der Waals surface area contributed by atoms with Crippen molar-refractivity contribution in [3.63, 3.8) is 0 Å². The van der Waals surface area contributed by atoms with Crippen LogP contribution in [0.1, 0.15) is 96.0 Å². The van der Waals surface area contributed by atoms with Crippen molar-refractivity contribution in [3.8, 4) is 0 Å². The van der Waals surface area contributed by atoms with Gasteiger partial charge >= 0.3 is 0 Å². The summed E-state index contributed by atoms with van der Waals surface area (Å²) in [4.78, 5) is 0.117. The van der Waals surface area contributed by atoms with E-state index < -0.39 is 16.2 Å². The van der Waals surface area contributed by atoms with Gasteiger partial charge in [0, 0.05) is 14.2 Å². The average Bonchev–Trinajstić information content (AvgIpc) is 3.67. The first-order valence-electron chi connectivity index (χ1n) is 15.9. The van der Waals surface area contributed by atoms with Gasteiger partial charge in [-0.3, -0.25) is 4.18 Å². The number of hydrogen-bond donors (Lipinski definition) is 0. The fourth-order valence-electron chi connectivity index (χ4n) is 5.83. The highest BCUT2D eigenvalue weighted by atomic mass is 32.2. The minimum atomic E-state index is -3.92. The summed E-state index contributed by atoms with van der Waals surface area (Å²) in [5.41, 5.74) is 0.974. The molecule has 0 aromatic heterocycles. The molecule has 0 N–H and O–H groups in total. The van der Waals surface area contributed by atoms with Crippen LogP contribution in [0.3, 0.4) is 0 Å². The third-order valence-electron chi connectivity index (χ3n) is 8.25. The van der Waals surface area contributed by atoms with Crippen LogP contribution in [-0.4, -0.2) is 79.5 Å². The van der Waals surface area contributed by atoms with Gasteiger partial charge in [-0.15, -0.1) is 0 Å². The molecule has 2 aliphatic rings. The second kappa shape index (κ2) is 19.3. The Morgan fingerprint density at radius 3 is 1.86 bits per heavy atom. The van der Waals surface area contributed by atoms with E-state index >= 15 is 0 Å². The molecular formula is C32H54O9S. The maximum atomic E-state index is 12.8. The standard InChI is InChI=1S/C32H54O9S/c1-5-6-7-8-9-10-11-12-13-27(37-23-35-3)28-18-19-29(40-28)30-20-21-31(41-30)32(38-24-36-4)22-39-42(33,34)26-16-14-25(2)15-17-26/h14-17,27-32H,5-13,18-24H2,1-4H3/t27-,28-,29-,30-,31-,32+/m1/s1. The molecule has 0 aliphatic carbocycles. The van der Waals surface area contributed by atoms with Crippen molar-refractivity contribution in [2.45, 2.75) is 139 Å². The van der Waals surface area contributed by atoms with Crippen molar-refractivity contribution in [2.75, 3.05) is 34.4 Å². The Balaban J connectivity index is 1.48. The van der Waals surface area contributed by atoms with Crippen LogP contribution >= 0.6 is 0 Å². The van der Waals surface area contributed by atoms with Gasteiger partial charge in [0.2, 0.25) is 0 Å². The van der Waals surface area contributed by atoms with Crippen molar-refractivity contribution < 1.29 is 41.0 Å². The highest BCUT2D eigenvalue weighted by Gasteiger charge is 2.42. The fraction of sp³-hybridized carbons (Fsp3) is 0.812. The molecule has 0 spiro atoms. The van der Waals surface area contributed by atoms with Gasteiger partial charge in [0.05, 0.1) is 42.0 Å². The summed E-state index contributed by atoms with van der Waals surface area (Å²) in [5.74, 6) is 0. The molecule has 0 amide bonds. The van der Waals surface area contributed by atoms with Crippen molar-refractivity contribution in [2.24, 2.45) is 0 Å². The van der Waals surface area contributed by atoms with Gasteiger partial charge < -0.3 is 28.4 Å². The maximum Gasteiger partial charge on any atom is 0.297 e. The molecule has 1 aromatic carbocycles. The zero-order valence-corrected chi connectivity index (χ0v) is 27.0. The molecule has 242 valence electrons. The molecule has 0 saturated carbocycles. The SMILES string of the molecule is CCCCCCCCCC[C@@H](OCOC)[C@H]1CC[C@H]([C@H]2CC[C@H]([C@H](COS(=O)(=O)c3ccc(C)cc3)OCOC)O2)O1. The molecule has 0 unspecified atom stereocenters. The molecule has 2 aliphatic heterocycles. The Kier molecular flexibility index (Phi) is 16.3. The first-order valence-corrected chi connectivity index (χ1v) is 17.3. The molecule has 2 saturated heterocycles. The first kappa shape index (κ1) is 35.4. The molecule has 2 fully saturated rings. The van der Waals surface area contributed by atoms with Gasteiger partial charge in [0.1, 0.15) is 19.7 Å². The molecule has 10 heteroatoms. The van der Waals surface area contributed by atoms with Gasteiger partial charge in [0.25, 0.3) is 10.1 Å². The van der Waals surface area contributed by atoms with E-state index in [1.165, 1.54) is 52.1 Å². The summed E-state index contributed by atoms with van der Waals surface area (Å²) in [6.45, 7) is 4.27. The van der Waals surface area contributed by atoms with Crippen LogP contribution in [0.2, 0.25) is 0 Å². The quantitative estimate of drug-likeness (QED) is 0.0846. The van der Waals surface area contributed by atoms with Crippen LogP contribution in [0.15, 0.2) is 29.2 Å². The number of benzene rings is 1. The lowest BCUT2D eigenvalue weighted by Crippen LogP contribution is -2.37.